The van der Waals surface area contributed by atoms with Crippen molar-refractivity contribution in [3.8, 4) is 0 Å². The lowest BCUT2D eigenvalue weighted by molar-refractivity contribution is -0.116. The van der Waals surface area contributed by atoms with Crippen LogP contribution in [0, 0.1) is 0 Å². The molecule has 1 aliphatic rings. The Morgan fingerprint density at radius 2 is 1.91 bits per heavy atom. The van der Waals surface area contributed by atoms with Crippen molar-refractivity contribution in [2.75, 3.05) is 11.9 Å². The molecule has 0 radical (unpaired) electrons. The Labute approximate surface area is 137 Å². The molecule has 1 amide bonds. The van der Waals surface area contributed by atoms with Crippen molar-refractivity contribution in [2.24, 2.45) is 0 Å². The van der Waals surface area contributed by atoms with Crippen molar-refractivity contribution in [3.05, 3.63) is 65.2 Å². The van der Waals surface area contributed by atoms with Gasteiger partial charge in [-0.25, -0.2) is 0 Å². The van der Waals surface area contributed by atoms with E-state index in [0.717, 1.165) is 31.6 Å². The maximum absolute atomic E-state index is 12.0. The Bertz CT molecular complexity index is 628. The van der Waals surface area contributed by atoms with Crippen LogP contribution in [-0.4, -0.2) is 12.5 Å². The lowest BCUT2D eigenvalue weighted by Crippen LogP contribution is -2.23. The van der Waals surface area contributed by atoms with Crippen LogP contribution in [0.2, 0.25) is 0 Å². The van der Waals surface area contributed by atoms with Gasteiger partial charge in [-0.2, -0.15) is 0 Å². The van der Waals surface area contributed by atoms with Gasteiger partial charge in [0.15, 0.2) is 0 Å². The molecule has 0 spiro atoms. The fourth-order valence-electron chi connectivity index (χ4n) is 2.68. The van der Waals surface area contributed by atoms with Crippen LogP contribution in [0.1, 0.15) is 23.1 Å². The first-order valence-corrected chi connectivity index (χ1v) is 7.47. The zero-order valence-electron chi connectivity index (χ0n) is 12.5. The van der Waals surface area contributed by atoms with Crippen LogP contribution in [0.25, 0.3) is 0 Å². The molecular formula is C18H21ClN2O. The van der Waals surface area contributed by atoms with Crippen LogP contribution in [0.3, 0.4) is 0 Å². The van der Waals surface area contributed by atoms with Gasteiger partial charge in [0.2, 0.25) is 5.91 Å². The summed E-state index contributed by atoms with van der Waals surface area (Å²) < 4.78 is 0. The summed E-state index contributed by atoms with van der Waals surface area (Å²) >= 11 is 0. The summed E-state index contributed by atoms with van der Waals surface area (Å²) in [5.41, 5.74) is 4.77. The van der Waals surface area contributed by atoms with Crippen LogP contribution in [0.4, 0.5) is 5.69 Å². The van der Waals surface area contributed by atoms with Gasteiger partial charge < -0.3 is 10.6 Å². The molecule has 0 bridgehead atoms. The Kier molecular flexibility index (Phi) is 5.99. The highest BCUT2D eigenvalue weighted by Crippen LogP contribution is 2.19. The minimum absolute atomic E-state index is 0. The van der Waals surface area contributed by atoms with Gasteiger partial charge >= 0.3 is 0 Å². The first-order valence-electron chi connectivity index (χ1n) is 7.47. The lowest BCUT2D eigenvalue weighted by atomic mass is 10.0. The first-order chi connectivity index (χ1) is 10.3. The standard InChI is InChI=1S/C18H20N2O.ClH/c21-18(9-6-14-4-2-1-3-5-14)20-17-8-7-15-10-11-19-13-16(15)12-17;/h1-5,7-8,12,19H,6,9-11,13H2,(H,20,21);1H. The SMILES string of the molecule is Cl.O=C(CCc1ccccc1)Nc1ccc2c(c1)CNCC2. The number of fused-ring (bicyclic) bond motifs is 1. The van der Waals surface area contributed by atoms with E-state index in [1.807, 2.05) is 24.3 Å². The third-order valence-electron chi connectivity index (χ3n) is 3.86. The molecule has 0 saturated heterocycles. The molecular weight excluding hydrogens is 296 g/mol. The lowest BCUT2D eigenvalue weighted by Gasteiger charge is -2.18. The fraction of sp³-hybridized carbons (Fsp3) is 0.278. The van der Waals surface area contributed by atoms with E-state index in [1.165, 1.54) is 16.7 Å². The zero-order chi connectivity index (χ0) is 14.5. The monoisotopic (exact) mass is 316 g/mol. The summed E-state index contributed by atoms with van der Waals surface area (Å²) in [6.45, 7) is 1.93. The minimum Gasteiger partial charge on any atom is -0.326 e. The number of anilines is 1. The van der Waals surface area contributed by atoms with Crippen molar-refractivity contribution < 1.29 is 4.79 Å². The van der Waals surface area contributed by atoms with Crippen LogP contribution < -0.4 is 10.6 Å². The normalized spacial score (nSPS) is 12.9. The molecule has 4 heteroatoms. The molecule has 3 nitrogen and oxygen atoms in total. The molecule has 0 aromatic heterocycles. The second-order valence-electron chi connectivity index (χ2n) is 5.44. The maximum atomic E-state index is 12.0. The van der Waals surface area contributed by atoms with E-state index in [4.69, 9.17) is 0 Å². The number of halogens is 1. The third kappa shape index (κ3) is 4.33. The summed E-state index contributed by atoms with van der Waals surface area (Å²) in [5.74, 6) is 0.0718. The van der Waals surface area contributed by atoms with Gasteiger partial charge in [-0.05, 0) is 48.2 Å². The van der Waals surface area contributed by atoms with Crippen molar-refractivity contribution in [2.45, 2.75) is 25.8 Å². The van der Waals surface area contributed by atoms with E-state index in [1.54, 1.807) is 0 Å². The van der Waals surface area contributed by atoms with Crippen molar-refractivity contribution >= 4 is 24.0 Å². The van der Waals surface area contributed by atoms with E-state index >= 15 is 0 Å². The quantitative estimate of drug-likeness (QED) is 0.908. The highest BCUT2D eigenvalue weighted by atomic mass is 35.5. The van der Waals surface area contributed by atoms with Crippen molar-refractivity contribution in [1.29, 1.82) is 0 Å². The molecule has 22 heavy (non-hydrogen) atoms. The molecule has 0 atom stereocenters. The van der Waals surface area contributed by atoms with Gasteiger partial charge in [0.1, 0.15) is 0 Å². The number of carbonyl (C=O) groups excluding carboxylic acids is 1. The van der Waals surface area contributed by atoms with Crippen LogP contribution in [0.5, 0.6) is 0 Å². The molecule has 0 saturated carbocycles. The van der Waals surface area contributed by atoms with Gasteiger partial charge in [-0.3, -0.25) is 4.79 Å². The van der Waals surface area contributed by atoms with Crippen LogP contribution in [-0.2, 0) is 24.2 Å². The second kappa shape index (κ2) is 7.97. The molecule has 116 valence electrons. The highest BCUT2D eigenvalue weighted by Gasteiger charge is 2.10. The Balaban J connectivity index is 0.00000176. The number of rotatable bonds is 4. The predicted molar refractivity (Wildman–Crippen MR) is 92.5 cm³/mol. The largest absolute Gasteiger partial charge is 0.326 e. The van der Waals surface area contributed by atoms with E-state index < -0.39 is 0 Å². The number of hydrogen-bond donors (Lipinski definition) is 2. The predicted octanol–water partition coefficient (Wildman–Crippen LogP) is 3.33. The second-order valence-corrected chi connectivity index (χ2v) is 5.44. The molecule has 2 aromatic carbocycles. The molecule has 2 aromatic rings. The summed E-state index contributed by atoms with van der Waals surface area (Å²) in [6, 6.07) is 16.3. The molecule has 0 fully saturated rings. The topological polar surface area (TPSA) is 41.1 Å². The van der Waals surface area contributed by atoms with Crippen molar-refractivity contribution in [3.63, 3.8) is 0 Å². The van der Waals surface area contributed by atoms with Gasteiger partial charge in [0.25, 0.3) is 0 Å². The molecule has 0 aliphatic carbocycles. The van der Waals surface area contributed by atoms with E-state index in [9.17, 15) is 4.79 Å². The zero-order valence-corrected chi connectivity index (χ0v) is 13.3. The Morgan fingerprint density at radius 1 is 1.09 bits per heavy atom. The van der Waals surface area contributed by atoms with E-state index in [-0.39, 0.29) is 18.3 Å². The van der Waals surface area contributed by atoms with Gasteiger partial charge in [0, 0.05) is 18.7 Å². The summed E-state index contributed by atoms with van der Waals surface area (Å²) in [7, 11) is 0. The number of carbonyl (C=O) groups is 1. The van der Waals surface area contributed by atoms with Crippen molar-refractivity contribution in [1.82, 2.24) is 5.32 Å². The van der Waals surface area contributed by atoms with Crippen LogP contribution in [0.15, 0.2) is 48.5 Å². The molecule has 2 N–H and O–H groups in total. The minimum atomic E-state index is 0. The number of hydrogen-bond acceptors (Lipinski definition) is 2. The fourth-order valence-corrected chi connectivity index (χ4v) is 2.68. The smallest absolute Gasteiger partial charge is 0.224 e. The summed E-state index contributed by atoms with van der Waals surface area (Å²) in [6.07, 6.45) is 2.36. The average Bonchev–Trinajstić information content (AvgIpc) is 2.54. The molecule has 1 heterocycles. The van der Waals surface area contributed by atoms with E-state index in [0.29, 0.717) is 6.42 Å². The first kappa shape index (κ1) is 16.5. The maximum Gasteiger partial charge on any atom is 0.224 e. The highest BCUT2D eigenvalue weighted by molar-refractivity contribution is 5.91. The molecule has 1 aliphatic heterocycles. The number of aryl methyl sites for hydroxylation is 1. The van der Waals surface area contributed by atoms with Gasteiger partial charge in [-0.1, -0.05) is 36.4 Å². The van der Waals surface area contributed by atoms with Crippen LogP contribution >= 0.6 is 12.4 Å². The van der Waals surface area contributed by atoms with Gasteiger partial charge in [0.05, 0.1) is 0 Å². The average molecular weight is 317 g/mol. The number of amides is 1. The summed E-state index contributed by atoms with van der Waals surface area (Å²) in [4.78, 5) is 12.0. The third-order valence-corrected chi connectivity index (χ3v) is 3.86. The van der Waals surface area contributed by atoms with E-state index in [2.05, 4.69) is 34.9 Å². The van der Waals surface area contributed by atoms with Gasteiger partial charge in [-0.15, -0.1) is 12.4 Å². The molecule has 0 unspecified atom stereocenters. The molecule has 3 rings (SSSR count). The number of nitrogens with one attached hydrogen (secondary N) is 2. The Morgan fingerprint density at radius 3 is 2.73 bits per heavy atom. The number of benzene rings is 2. The Hall–Kier alpha value is -1.84. The summed E-state index contributed by atoms with van der Waals surface area (Å²) in [5, 5.41) is 6.35.